The van der Waals surface area contributed by atoms with Crippen molar-refractivity contribution >= 4 is 82.0 Å². The van der Waals surface area contributed by atoms with Crippen LogP contribution in [0.15, 0.2) is 121 Å². The van der Waals surface area contributed by atoms with Crippen LogP contribution >= 0.6 is 0 Å². The van der Waals surface area contributed by atoms with Crippen LogP contribution in [0.2, 0.25) is 0 Å². The molecule has 0 saturated carbocycles. The fraction of sp³-hybridized carbons (Fsp3) is 0. The molecule has 184 valence electrons. The Bertz CT molecular complexity index is 2660. The number of hydrogen-bond donors (Lipinski definition) is 0. The molecule has 6 aromatic carbocycles. The van der Waals surface area contributed by atoms with Crippen LogP contribution in [0.1, 0.15) is 0 Å². The summed E-state index contributed by atoms with van der Waals surface area (Å²) in [5, 5.41) is 8.58. The van der Waals surface area contributed by atoms with Crippen molar-refractivity contribution in [2.24, 2.45) is 0 Å². The Morgan fingerprint density at radius 2 is 1.15 bits per heavy atom. The van der Waals surface area contributed by atoms with Gasteiger partial charge in [0.1, 0.15) is 5.52 Å². The zero-order valence-electron chi connectivity index (χ0n) is 21.3. The minimum atomic E-state index is 0.914. The number of aromatic nitrogens is 4. The number of rotatable bonds is 1. The quantitative estimate of drug-likeness (QED) is 0.222. The van der Waals surface area contributed by atoms with Crippen molar-refractivity contribution in [1.82, 2.24) is 18.9 Å². The molecule has 0 amide bonds. The zero-order valence-corrected chi connectivity index (χ0v) is 21.3. The average molecular weight is 509 g/mol. The zero-order chi connectivity index (χ0) is 25.9. The highest BCUT2D eigenvalue weighted by Crippen LogP contribution is 2.42. The van der Waals surface area contributed by atoms with Crippen molar-refractivity contribution in [1.29, 1.82) is 0 Å². The van der Waals surface area contributed by atoms with Crippen molar-refractivity contribution in [3.63, 3.8) is 0 Å². The van der Waals surface area contributed by atoms with E-state index in [0.717, 1.165) is 27.6 Å². The highest BCUT2D eigenvalue weighted by atomic mass is 15.0. The molecule has 0 saturated heterocycles. The van der Waals surface area contributed by atoms with E-state index >= 15 is 0 Å². The van der Waals surface area contributed by atoms with Crippen LogP contribution < -0.4 is 0 Å². The van der Waals surface area contributed by atoms with Gasteiger partial charge >= 0.3 is 0 Å². The van der Waals surface area contributed by atoms with E-state index in [1.807, 2.05) is 24.3 Å². The molecule has 0 spiro atoms. The molecule has 0 atom stereocenters. The van der Waals surface area contributed by atoms with Crippen molar-refractivity contribution in [2.45, 2.75) is 0 Å². The molecule has 0 unspecified atom stereocenters. The van der Waals surface area contributed by atoms with E-state index in [1.165, 1.54) is 60.1 Å². The van der Waals surface area contributed by atoms with E-state index in [0.29, 0.717) is 0 Å². The molecule has 10 rings (SSSR count). The van der Waals surface area contributed by atoms with E-state index in [1.54, 1.807) is 0 Å². The van der Waals surface area contributed by atoms with E-state index < -0.39 is 0 Å². The molecule has 40 heavy (non-hydrogen) atoms. The summed E-state index contributed by atoms with van der Waals surface area (Å²) in [4.78, 5) is 10.2. The van der Waals surface area contributed by atoms with Gasteiger partial charge in [0, 0.05) is 32.6 Å². The Labute approximate surface area is 227 Å². The lowest BCUT2D eigenvalue weighted by molar-refractivity contribution is 1.19. The van der Waals surface area contributed by atoms with Gasteiger partial charge in [-0.05, 0) is 53.2 Å². The van der Waals surface area contributed by atoms with E-state index in [4.69, 9.17) is 9.97 Å². The van der Waals surface area contributed by atoms with Gasteiger partial charge in [-0.3, -0.25) is 4.40 Å². The second kappa shape index (κ2) is 7.13. The highest BCUT2D eigenvalue weighted by Gasteiger charge is 2.22. The highest BCUT2D eigenvalue weighted by molar-refractivity contribution is 6.25. The van der Waals surface area contributed by atoms with Crippen molar-refractivity contribution in [3.05, 3.63) is 121 Å². The summed E-state index contributed by atoms with van der Waals surface area (Å²) in [7, 11) is 0. The molecule has 0 N–H and O–H groups in total. The predicted molar refractivity (Wildman–Crippen MR) is 166 cm³/mol. The van der Waals surface area contributed by atoms with Gasteiger partial charge in [0.15, 0.2) is 5.65 Å². The minimum Gasteiger partial charge on any atom is -0.309 e. The molecule has 0 aliphatic rings. The third-order valence-electron chi connectivity index (χ3n) is 8.59. The second-order valence-corrected chi connectivity index (χ2v) is 10.7. The second-order valence-electron chi connectivity index (χ2n) is 10.7. The smallest absolute Gasteiger partial charge is 0.165 e. The lowest BCUT2D eigenvalue weighted by atomic mass is 10.1. The molecule has 0 aliphatic carbocycles. The Hall–Kier alpha value is -5.48. The van der Waals surface area contributed by atoms with Gasteiger partial charge in [-0.15, -0.1) is 0 Å². The monoisotopic (exact) mass is 508 g/mol. The first kappa shape index (κ1) is 20.5. The maximum Gasteiger partial charge on any atom is 0.165 e. The molecule has 0 bridgehead atoms. The van der Waals surface area contributed by atoms with Crippen LogP contribution in [0, 0.1) is 0 Å². The van der Waals surface area contributed by atoms with Crippen molar-refractivity contribution in [2.75, 3.05) is 0 Å². The molecule has 0 radical (unpaired) electrons. The molecular weight excluding hydrogens is 488 g/mol. The van der Waals surface area contributed by atoms with E-state index in [2.05, 4.69) is 106 Å². The molecule has 4 heterocycles. The SMILES string of the molecule is c1ccc2cc(-n3c4ccccc4c4cc5c(cc43)c3cccc4c6nc7ccccc7nc6n5c34)ccc2c1. The van der Waals surface area contributed by atoms with Crippen molar-refractivity contribution < 1.29 is 0 Å². The molecule has 4 aromatic heterocycles. The third-order valence-corrected chi connectivity index (χ3v) is 8.59. The number of fused-ring (bicyclic) bond motifs is 11. The van der Waals surface area contributed by atoms with Gasteiger partial charge in [0.2, 0.25) is 0 Å². The van der Waals surface area contributed by atoms with Crippen LogP contribution in [-0.2, 0) is 0 Å². The Balaban J connectivity index is 1.40. The van der Waals surface area contributed by atoms with Crippen LogP contribution in [-0.4, -0.2) is 18.9 Å². The summed E-state index contributed by atoms with van der Waals surface area (Å²) in [5.74, 6) is 0. The maximum absolute atomic E-state index is 5.14. The van der Waals surface area contributed by atoms with Gasteiger partial charge in [0.05, 0.1) is 33.1 Å². The summed E-state index contributed by atoms with van der Waals surface area (Å²) in [6, 6.07) is 43.5. The maximum atomic E-state index is 5.14. The van der Waals surface area contributed by atoms with E-state index in [9.17, 15) is 0 Å². The van der Waals surface area contributed by atoms with Crippen molar-refractivity contribution in [3.8, 4) is 5.69 Å². The Morgan fingerprint density at radius 3 is 2.08 bits per heavy atom. The molecule has 0 aliphatic heterocycles. The lowest BCUT2D eigenvalue weighted by Gasteiger charge is -2.09. The van der Waals surface area contributed by atoms with Gasteiger partial charge in [-0.25, -0.2) is 9.97 Å². The normalized spacial score (nSPS) is 12.5. The predicted octanol–water partition coefficient (Wildman–Crippen LogP) is 9.03. The molecule has 0 fully saturated rings. The molecule has 4 heteroatoms. The molecule has 4 nitrogen and oxygen atoms in total. The first-order valence-corrected chi connectivity index (χ1v) is 13.6. The first-order valence-electron chi connectivity index (χ1n) is 13.6. The van der Waals surface area contributed by atoms with Gasteiger partial charge < -0.3 is 4.57 Å². The van der Waals surface area contributed by atoms with Crippen LogP contribution in [0.25, 0.3) is 87.7 Å². The summed E-state index contributed by atoms with van der Waals surface area (Å²) < 4.78 is 4.74. The average Bonchev–Trinajstić information content (AvgIpc) is 3.63. The standard InChI is InChI=1S/C36H20N4/c1-2-9-22-18-23(17-16-21(22)8-1)39-31-15-6-3-10-24(31)27-19-33-28(20-32(27)39)25-11-7-12-26-34-36(40(33)35(25)26)38-30-14-5-4-13-29(30)37-34/h1-20H. The Morgan fingerprint density at radius 1 is 0.450 bits per heavy atom. The summed E-state index contributed by atoms with van der Waals surface area (Å²) in [6.07, 6.45) is 0. The number of hydrogen-bond acceptors (Lipinski definition) is 2. The first-order chi connectivity index (χ1) is 19.8. The number of para-hydroxylation sites is 4. The van der Waals surface area contributed by atoms with Gasteiger partial charge in [-0.1, -0.05) is 78.9 Å². The van der Waals surface area contributed by atoms with Crippen LogP contribution in [0.5, 0.6) is 0 Å². The van der Waals surface area contributed by atoms with Crippen LogP contribution in [0.4, 0.5) is 0 Å². The summed E-state index contributed by atoms with van der Waals surface area (Å²) in [5.41, 5.74) is 9.65. The van der Waals surface area contributed by atoms with Crippen LogP contribution in [0.3, 0.4) is 0 Å². The topological polar surface area (TPSA) is 35.1 Å². The largest absolute Gasteiger partial charge is 0.309 e. The van der Waals surface area contributed by atoms with E-state index in [-0.39, 0.29) is 0 Å². The molecule has 10 aromatic rings. The van der Waals surface area contributed by atoms with Gasteiger partial charge in [-0.2, -0.15) is 0 Å². The lowest BCUT2D eigenvalue weighted by Crippen LogP contribution is -1.94. The molecular formula is C36H20N4. The number of nitrogens with zero attached hydrogens (tertiary/aromatic N) is 4. The summed E-state index contributed by atoms with van der Waals surface area (Å²) in [6.45, 7) is 0. The third kappa shape index (κ3) is 2.46. The fourth-order valence-electron chi connectivity index (χ4n) is 6.86. The fourth-order valence-corrected chi connectivity index (χ4v) is 6.86. The Kier molecular flexibility index (Phi) is 3.65. The minimum absolute atomic E-state index is 0.914. The number of benzene rings is 6. The van der Waals surface area contributed by atoms with Gasteiger partial charge in [0.25, 0.3) is 0 Å². The summed E-state index contributed by atoms with van der Waals surface area (Å²) >= 11 is 0.